The predicted molar refractivity (Wildman–Crippen MR) is 139 cm³/mol. The number of ether oxygens (including phenoxy) is 4. The second-order valence-corrected chi connectivity index (χ2v) is 10.9. The van der Waals surface area contributed by atoms with Gasteiger partial charge < -0.3 is 29.8 Å². The van der Waals surface area contributed by atoms with Crippen LogP contribution in [0.15, 0.2) is 36.7 Å². The van der Waals surface area contributed by atoms with Crippen LogP contribution >= 0.6 is 8.17 Å². The molecule has 220 valence electrons. The van der Waals surface area contributed by atoms with Crippen LogP contribution < -0.4 is 10.5 Å². The number of carbonyl (C=O) groups is 2. The molecule has 41 heavy (non-hydrogen) atoms. The number of anilines is 1. The molecule has 0 saturated carbocycles. The highest BCUT2D eigenvalue weighted by molar-refractivity contribution is 7.55. The summed E-state index contributed by atoms with van der Waals surface area (Å²) < 4.78 is 40.6. The van der Waals surface area contributed by atoms with Crippen molar-refractivity contribution in [1.29, 1.82) is 0 Å². The fourth-order valence-electron chi connectivity index (χ4n) is 4.30. The summed E-state index contributed by atoms with van der Waals surface area (Å²) in [6.45, 7) is 1.14. The van der Waals surface area contributed by atoms with Gasteiger partial charge in [0.25, 0.3) is 0 Å². The molecule has 0 radical (unpaired) electrons. The summed E-state index contributed by atoms with van der Waals surface area (Å²) >= 11 is 0. The Morgan fingerprint density at radius 3 is 2.78 bits per heavy atom. The number of nitrogens with two attached hydrogens (primary N) is 1. The Kier molecular flexibility index (Phi) is 8.49. The zero-order valence-corrected chi connectivity index (χ0v) is 23.0. The molecule has 2 fully saturated rings. The van der Waals surface area contributed by atoms with Crippen molar-refractivity contribution in [2.24, 2.45) is 5.92 Å². The third-order valence-electron chi connectivity index (χ3n) is 6.48. The van der Waals surface area contributed by atoms with Crippen molar-refractivity contribution >= 4 is 37.4 Å². The molecular formula is C24H29N5O11P+. The quantitative estimate of drug-likeness (QED) is 0.227. The third kappa shape index (κ3) is 6.32. The van der Waals surface area contributed by atoms with Gasteiger partial charge in [-0.25, -0.2) is 9.78 Å². The second kappa shape index (κ2) is 12.1. The maximum Gasteiger partial charge on any atom is 0.573 e. The van der Waals surface area contributed by atoms with E-state index >= 15 is 0 Å². The Morgan fingerprint density at radius 2 is 2.05 bits per heavy atom. The lowest BCUT2D eigenvalue weighted by atomic mass is 10.1. The van der Waals surface area contributed by atoms with Crippen LogP contribution in [-0.4, -0.2) is 80.3 Å². The number of imidazole rings is 1. The van der Waals surface area contributed by atoms with Crippen molar-refractivity contribution in [3.63, 3.8) is 0 Å². The van der Waals surface area contributed by atoms with Crippen LogP contribution in [0.5, 0.6) is 5.88 Å². The van der Waals surface area contributed by atoms with Crippen LogP contribution in [0, 0.1) is 5.92 Å². The summed E-state index contributed by atoms with van der Waals surface area (Å²) in [7, 11) is -2.53. The topological polar surface area (TPSA) is 209 Å². The molecule has 17 heteroatoms. The molecule has 2 aliphatic rings. The molecule has 0 aliphatic carbocycles. The highest BCUT2D eigenvalue weighted by Crippen LogP contribution is 2.63. The second-order valence-electron chi connectivity index (χ2n) is 9.28. The lowest BCUT2D eigenvalue weighted by molar-refractivity contribution is -0.141. The van der Waals surface area contributed by atoms with Crippen molar-refractivity contribution in [1.82, 2.24) is 19.5 Å². The number of carboxylic acid groups (broad SMARTS) is 1. The minimum absolute atomic E-state index is 0.0489. The van der Waals surface area contributed by atoms with E-state index < -0.39 is 50.8 Å². The third-order valence-corrected chi connectivity index (χ3v) is 7.97. The Labute approximate surface area is 233 Å². The van der Waals surface area contributed by atoms with Crippen molar-refractivity contribution in [3.8, 4) is 5.88 Å². The zero-order chi connectivity index (χ0) is 29.1. The number of benzene rings is 1. The molecule has 2 aliphatic heterocycles. The SMILES string of the molecule is COc1nc(N)nc2c1ncn2[C@@H]1O[C@@H]2CO[P+](O)(OCC[C@@H](C)C(=O)O)O[C@H]2[C@@H]1OC(=O)OCc1ccccc1. The van der Waals surface area contributed by atoms with Crippen molar-refractivity contribution in [2.75, 3.05) is 26.1 Å². The number of hydrogen-bond acceptors (Lipinski definition) is 14. The molecule has 3 aromatic rings. The molecule has 1 unspecified atom stereocenters. The fraction of sp³-hybridized carbons (Fsp3) is 0.458. The molecule has 5 rings (SSSR count). The van der Waals surface area contributed by atoms with Gasteiger partial charge in [0.15, 0.2) is 29.6 Å². The van der Waals surface area contributed by atoms with Gasteiger partial charge in [-0.2, -0.15) is 23.9 Å². The number of hydrogen-bond donors (Lipinski definition) is 3. The first-order valence-electron chi connectivity index (χ1n) is 12.6. The predicted octanol–water partition coefficient (Wildman–Crippen LogP) is 2.25. The van der Waals surface area contributed by atoms with Gasteiger partial charge in [-0.3, -0.25) is 9.36 Å². The van der Waals surface area contributed by atoms with E-state index in [1.807, 2.05) is 6.07 Å². The molecule has 1 aromatic carbocycles. The summed E-state index contributed by atoms with van der Waals surface area (Å²) in [5.74, 6) is -1.68. The van der Waals surface area contributed by atoms with Gasteiger partial charge in [0, 0.05) is 0 Å². The summed E-state index contributed by atoms with van der Waals surface area (Å²) in [4.78, 5) is 47.5. The van der Waals surface area contributed by atoms with Gasteiger partial charge in [-0.05, 0) is 12.0 Å². The maximum atomic E-state index is 12.8. The van der Waals surface area contributed by atoms with Gasteiger partial charge in [0.1, 0.15) is 25.9 Å². The van der Waals surface area contributed by atoms with E-state index in [1.165, 1.54) is 24.9 Å². The van der Waals surface area contributed by atoms with Gasteiger partial charge in [0.05, 0.1) is 19.4 Å². The Hall–Kier alpha value is -3.66. The smallest absolute Gasteiger partial charge is 0.481 e. The van der Waals surface area contributed by atoms with Gasteiger partial charge in [-0.15, -0.1) is 4.52 Å². The molecule has 2 saturated heterocycles. The first-order valence-corrected chi connectivity index (χ1v) is 14.1. The average Bonchev–Trinajstić information content (AvgIpc) is 3.52. The van der Waals surface area contributed by atoms with E-state index in [9.17, 15) is 14.5 Å². The molecule has 0 bridgehead atoms. The molecule has 6 atom stereocenters. The van der Waals surface area contributed by atoms with Gasteiger partial charge in [0.2, 0.25) is 11.8 Å². The normalized spacial score (nSPS) is 26.3. The number of nitrogens with zero attached hydrogens (tertiary/aromatic N) is 4. The standard InChI is InChI=1S/C24H28N5O11P/c1-13(22(30)31)8-9-36-41(33)37-11-15-17(40-41)18(39-24(32)35-10-14-6-4-3-5-7-14)21(38-15)29-12-26-16-19(29)27-23(25)28-20(16)34-2/h3-7,12-13,15,17-18,21,33H,8-11H2,1-2H3,(H2-,25,27,28,30,31)/p+1/t13-,15-,17-,18+,21-,41?/m1/s1. The molecule has 0 amide bonds. The number of carbonyl (C=O) groups excluding carboxylic acids is 1. The summed E-state index contributed by atoms with van der Waals surface area (Å²) in [5.41, 5.74) is 7.11. The Bertz CT molecular complexity index is 1400. The number of rotatable bonds is 10. The van der Waals surface area contributed by atoms with E-state index in [-0.39, 0.29) is 49.2 Å². The van der Waals surface area contributed by atoms with E-state index in [0.29, 0.717) is 0 Å². The van der Waals surface area contributed by atoms with E-state index in [4.69, 9.17) is 43.4 Å². The van der Waals surface area contributed by atoms with E-state index in [1.54, 1.807) is 24.3 Å². The first-order chi connectivity index (χ1) is 19.7. The zero-order valence-electron chi connectivity index (χ0n) is 22.1. The van der Waals surface area contributed by atoms with E-state index in [2.05, 4.69) is 15.0 Å². The Morgan fingerprint density at radius 1 is 1.27 bits per heavy atom. The van der Waals surface area contributed by atoms with Gasteiger partial charge in [-0.1, -0.05) is 37.3 Å². The highest BCUT2D eigenvalue weighted by atomic mass is 31.2. The summed E-state index contributed by atoms with van der Waals surface area (Å²) in [6.07, 6.45) is -3.66. The fourth-order valence-corrected chi connectivity index (χ4v) is 5.73. The Balaban J connectivity index is 1.39. The minimum Gasteiger partial charge on any atom is -0.481 e. The highest BCUT2D eigenvalue weighted by Gasteiger charge is 2.63. The van der Waals surface area contributed by atoms with Crippen LogP contribution in [0.1, 0.15) is 25.1 Å². The number of methoxy groups -OCH3 is 1. The first kappa shape index (κ1) is 28.9. The number of aromatic nitrogens is 4. The summed E-state index contributed by atoms with van der Waals surface area (Å²) in [5, 5.41) is 9.11. The summed E-state index contributed by atoms with van der Waals surface area (Å²) in [6, 6.07) is 9.02. The van der Waals surface area contributed by atoms with Crippen LogP contribution in [0.3, 0.4) is 0 Å². The van der Waals surface area contributed by atoms with Crippen LogP contribution in [0.4, 0.5) is 10.7 Å². The average molecular weight is 594 g/mol. The molecule has 4 heterocycles. The number of nitrogen functional groups attached to an aromatic ring is 1. The van der Waals surface area contributed by atoms with E-state index in [0.717, 1.165) is 5.56 Å². The lowest BCUT2D eigenvalue weighted by Crippen LogP contribution is -2.43. The molecule has 0 spiro atoms. The number of fused-ring (bicyclic) bond motifs is 2. The van der Waals surface area contributed by atoms with Gasteiger partial charge >= 0.3 is 20.3 Å². The minimum atomic E-state index is -3.93. The van der Waals surface area contributed by atoms with Crippen molar-refractivity contribution < 1.29 is 52.1 Å². The molecular weight excluding hydrogens is 565 g/mol. The van der Waals surface area contributed by atoms with Crippen LogP contribution in [-0.2, 0) is 39.2 Å². The lowest BCUT2D eigenvalue weighted by Gasteiger charge is -2.28. The molecule has 16 nitrogen and oxygen atoms in total. The van der Waals surface area contributed by atoms with Crippen molar-refractivity contribution in [3.05, 3.63) is 42.2 Å². The van der Waals surface area contributed by atoms with Crippen LogP contribution in [0.2, 0.25) is 0 Å². The molecule has 2 aromatic heterocycles. The molecule has 4 N–H and O–H groups in total. The van der Waals surface area contributed by atoms with Crippen molar-refractivity contribution in [2.45, 2.75) is 44.5 Å². The maximum absolute atomic E-state index is 12.8. The largest absolute Gasteiger partial charge is 0.573 e. The monoisotopic (exact) mass is 594 g/mol. The number of carboxylic acids is 1. The number of aliphatic carboxylic acids is 1. The van der Waals surface area contributed by atoms with Crippen LogP contribution in [0.25, 0.3) is 11.2 Å².